The van der Waals surface area contributed by atoms with Crippen LogP contribution in [0.4, 0.5) is 15.8 Å². The van der Waals surface area contributed by atoms with Crippen molar-refractivity contribution in [2.75, 3.05) is 25.0 Å². The first kappa shape index (κ1) is 19.0. The topological polar surface area (TPSA) is 75.5 Å². The van der Waals surface area contributed by atoms with Crippen molar-refractivity contribution in [1.82, 2.24) is 4.90 Å². The van der Waals surface area contributed by atoms with Crippen LogP contribution in [-0.2, 0) is 11.2 Å². The molecule has 1 amide bonds. The first-order valence-corrected chi connectivity index (χ1v) is 9.01. The van der Waals surface area contributed by atoms with Crippen LogP contribution in [0.25, 0.3) is 0 Å². The van der Waals surface area contributed by atoms with Crippen LogP contribution < -0.4 is 5.32 Å². The van der Waals surface area contributed by atoms with Gasteiger partial charge in [-0.25, -0.2) is 4.39 Å². The van der Waals surface area contributed by atoms with Crippen molar-refractivity contribution in [3.05, 3.63) is 70.0 Å². The zero-order valence-electron chi connectivity index (χ0n) is 14.9. The molecule has 6 nitrogen and oxygen atoms in total. The van der Waals surface area contributed by atoms with Crippen molar-refractivity contribution < 1.29 is 14.1 Å². The lowest BCUT2D eigenvalue weighted by Crippen LogP contribution is -2.39. The molecule has 0 radical (unpaired) electrons. The van der Waals surface area contributed by atoms with E-state index in [-0.39, 0.29) is 24.0 Å². The third-order valence-electron chi connectivity index (χ3n) is 4.85. The fourth-order valence-electron chi connectivity index (χ4n) is 3.40. The Labute approximate surface area is 157 Å². The molecule has 7 heteroatoms. The summed E-state index contributed by atoms with van der Waals surface area (Å²) >= 11 is 0. The predicted molar refractivity (Wildman–Crippen MR) is 101 cm³/mol. The zero-order chi connectivity index (χ0) is 19.2. The highest BCUT2D eigenvalue weighted by Gasteiger charge is 2.21. The summed E-state index contributed by atoms with van der Waals surface area (Å²) in [6.07, 6.45) is 2.90. The number of nitrogens with one attached hydrogen (secondary N) is 1. The number of carbonyl (C=O) groups excluding carboxylic acids is 1. The third-order valence-corrected chi connectivity index (χ3v) is 4.85. The number of nitrogens with zero attached hydrogens (tertiary/aromatic N) is 2. The van der Waals surface area contributed by atoms with Crippen molar-refractivity contribution in [1.29, 1.82) is 0 Å². The number of anilines is 1. The van der Waals surface area contributed by atoms with Gasteiger partial charge in [-0.3, -0.25) is 19.8 Å². The van der Waals surface area contributed by atoms with Crippen molar-refractivity contribution in [3.8, 4) is 0 Å². The van der Waals surface area contributed by atoms with Gasteiger partial charge in [-0.1, -0.05) is 18.2 Å². The minimum absolute atomic E-state index is 0.0468. The van der Waals surface area contributed by atoms with Crippen molar-refractivity contribution in [2.24, 2.45) is 5.92 Å². The average molecular weight is 371 g/mol. The molecular weight excluding hydrogens is 349 g/mol. The highest BCUT2D eigenvalue weighted by Crippen LogP contribution is 2.22. The van der Waals surface area contributed by atoms with Gasteiger partial charge in [0.1, 0.15) is 5.82 Å². The second-order valence-corrected chi connectivity index (χ2v) is 6.91. The van der Waals surface area contributed by atoms with Gasteiger partial charge in [0.2, 0.25) is 5.91 Å². The van der Waals surface area contributed by atoms with Crippen LogP contribution in [0.2, 0.25) is 0 Å². The van der Waals surface area contributed by atoms with Gasteiger partial charge < -0.3 is 5.32 Å². The summed E-state index contributed by atoms with van der Waals surface area (Å²) in [5.74, 6) is 0.141. The number of nitro benzene ring substituents is 1. The van der Waals surface area contributed by atoms with E-state index in [2.05, 4.69) is 10.2 Å². The molecule has 1 heterocycles. The molecule has 142 valence electrons. The first-order valence-electron chi connectivity index (χ1n) is 9.01. The molecular formula is C20H22FN3O3. The molecule has 3 rings (SSSR count). The van der Waals surface area contributed by atoms with Crippen LogP contribution in [0.3, 0.4) is 0 Å². The van der Waals surface area contributed by atoms with E-state index >= 15 is 0 Å². The molecule has 0 aliphatic carbocycles. The van der Waals surface area contributed by atoms with Gasteiger partial charge in [0.05, 0.1) is 11.5 Å². The Bertz CT molecular complexity index is 802. The van der Waals surface area contributed by atoms with E-state index in [9.17, 15) is 19.3 Å². The molecule has 0 aromatic heterocycles. The fraction of sp³-hybridized carbons (Fsp3) is 0.350. The number of carbonyl (C=O) groups is 1. The van der Waals surface area contributed by atoms with Crippen molar-refractivity contribution in [3.63, 3.8) is 0 Å². The predicted octanol–water partition coefficient (Wildman–Crippen LogP) is 3.63. The Kier molecular flexibility index (Phi) is 6.13. The molecule has 1 aliphatic rings. The summed E-state index contributed by atoms with van der Waals surface area (Å²) in [5, 5.41) is 13.5. The molecule has 2 aromatic rings. The highest BCUT2D eigenvalue weighted by atomic mass is 19.1. The summed E-state index contributed by atoms with van der Waals surface area (Å²) in [6.45, 7) is 1.92. The summed E-state index contributed by atoms with van der Waals surface area (Å²) in [6, 6.07) is 12.6. The maximum absolute atomic E-state index is 13.0. The Morgan fingerprint density at radius 3 is 2.56 bits per heavy atom. The molecule has 2 aromatic carbocycles. The lowest BCUT2D eigenvalue weighted by Gasteiger charge is -2.31. The van der Waals surface area contributed by atoms with Crippen LogP contribution in [0.1, 0.15) is 18.4 Å². The largest absolute Gasteiger partial charge is 0.325 e. The van der Waals surface area contributed by atoms with Gasteiger partial charge >= 0.3 is 0 Å². The number of hydrogen-bond donors (Lipinski definition) is 1. The van der Waals surface area contributed by atoms with E-state index in [1.165, 1.54) is 24.3 Å². The number of piperidine rings is 1. The van der Waals surface area contributed by atoms with Crippen LogP contribution in [-0.4, -0.2) is 35.4 Å². The number of likely N-dealkylation sites (tertiary alicyclic amines) is 1. The van der Waals surface area contributed by atoms with E-state index in [4.69, 9.17) is 0 Å². The molecule has 1 fully saturated rings. The number of rotatable bonds is 6. The zero-order valence-corrected chi connectivity index (χ0v) is 14.9. The highest BCUT2D eigenvalue weighted by molar-refractivity contribution is 5.92. The normalized spacial score (nSPS) is 15.4. The Morgan fingerprint density at radius 2 is 1.89 bits per heavy atom. The van der Waals surface area contributed by atoms with Crippen LogP contribution in [0.15, 0.2) is 48.5 Å². The number of halogens is 1. The van der Waals surface area contributed by atoms with E-state index in [0.717, 1.165) is 37.9 Å². The minimum Gasteiger partial charge on any atom is -0.325 e. The first-order chi connectivity index (χ1) is 13.0. The van der Waals surface area contributed by atoms with Gasteiger partial charge in [0.25, 0.3) is 5.69 Å². The lowest BCUT2D eigenvalue weighted by atomic mass is 9.90. The molecule has 0 unspecified atom stereocenters. The number of benzene rings is 2. The smallest absolute Gasteiger partial charge is 0.271 e. The molecule has 27 heavy (non-hydrogen) atoms. The van der Waals surface area contributed by atoms with Gasteiger partial charge in [-0.15, -0.1) is 0 Å². The molecule has 1 N–H and O–H groups in total. The van der Waals surface area contributed by atoms with Gasteiger partial charge in [0, 0.05) is 17.8 Å². The van der Waals surface area contributed by atoms with E-state index < -0.39 is 4.92 Å². The summed E-state index contributed by atoms with van der Waals surface area (Å²) in [5.41, 5.74) is 1.52. The monoisotopic (exact) mass is 371 g/mol. The third kappa shape index (κ3) is 5.59. The standard InChI is InChI=1S/C20H22FN3O3/c21-17-6-4-15(5-7-17)12-16-8-10-23(11-9-16)14-20(25)22-18-2-1-3-19(13-18)24(26)27/h1-7,13,16H,8-12,14H2,(H,22,25). The van der Waals surface area contributed by atoms with Crippen molar-refractivity contribution >= 4 is 17.3 Å². The van der Waals surface area contributed by atoms with E-state index in [1.54, 1.807) is 12.1 Å². The average Bonchev–Trinajstić information content (AvgIpc) is 2.65. The summed E-state index contributed by atoms with van der Waals surface area (Å²) < 4.78 is 13.0. The van der Waals surface area contributed by atoms with Crippen LogP contribution >= 0.6 is 0 Å². The Balaban J connectivity index is 1.44. The molecule has 1 aliphatic heterocycles. The maximum Gasteiger partial charge on any atom is 0.271 e. The summed E-state index contributed by atoms with van der Waals surface area (Å²) in [7, 11) is 0. The van der Waals surface area contributed by atoms with Crippen LogP contribution in [0.5, 0.6) is 0 Å². The van der Waals surface area contributed by atoms with Gasteiger partial charge in [0.15, 0.2) is 0 Å². The number of non-ortho nitro benzene ring substituents is 1. The minimum atomic E-state index is -0.485. The quantitative estimate of drug-likeness (QED) is 0.621. The SMILES string of the molecule is O=C(CN1CCC(Cc2ccc(F)cc2)CC1)Nc1cccc([N+](=O)[O-])c1. The van der Waals surface area contributed by atoms with E-state index in [0.29, 0.717) is 11.6 Å². The maximum atomic E-state index is 13.0. The van der Waals surface area contributed by atoms with Gasteiger partial charge in [-0.2, -0.15) is 0 Å². The fourth-order valence-corrected chi connectivity index (χ4v) is 3.40. The Morgan fingerprint density at radius 1 is 1.19 bits per heavy atom. The number of nitro groups is 1. The molecule has 0 bridgehead atoms. The molecule has 0 spiro atoms. The van der Waals surface area contributed by atoms with Crippen LogP contribution in [0, 0.1) is 21.8 Å². The van der Waals surface area contributed by atoms with Crippen molar-refractivity contribution in [2.45, 2.75) is 19.3 Å². The molecule has 1 saturated heterocycles. The second kappa shape index (κ2) is 8.73. The molecule has 0 saturated carbocycles. The van der Waals surface area contributed by atoms with Gasteiger partial charge in [-0.05, 0) is 62.0 Å². The lowest BCUT2D eigenvalue weighted by molar-refractivity contribution is -0.384. The molecule has 0 atom stereocenters. The number of amides is 1. The second-order valence-electron chi connectivity index (χ2n) is 6.91. The number of hydrogen-bond acceptors (Lipinski definition) is 4. The van der Waals surface area contributed by atoms with E-state index in [1.807, 2.05) is 12.1 Å². The Hall–Kier alpha value is -2.80. The summed E-state index contributed by atoms with van der Waals surface area (Å²) in [4.78, 5) is 24.6.